The average molecular weight is 276 g/mol. The van der Waals surface area contributed by atoms with Crippen LogP contribution < -0.4 is 0 Å². The van der Waals surface area contributed by atoms with E-state index >= 15 is 0 Å². The summed E-state index contributed by atoms with van der Waals surface area (Å²) in [7, 11) is 0. The fraction of sp³-hybridized carbons (Fsp3) is 0.714. The van der Waals surface area contributed by atoms with Gasteiger partial charge in [0, 0.05) is 0 Å². The van der Waals surface area contributed by atoms with Crippen LogP contribution in [0.2, 0.25) is 0 Å². The van der Waals surface area contributed by atoms with Crippen molar-refractivity contribution in [1.82, 2.24) is 0 Å². The van der Waals surface area contributed by atoms with Crippen LogP contribution in [-0.4, -0.2) is 23.9 Å². The molecule has 5 aliphatic rings. The molecule has 0 radical (unpaired) electrons. The maximum atomic E-state index is 12.1. The molecule has 0 spiro atoms. The quantitative estimate of drug-likeness (QED) is 0.454. The van der Waals surface area contributed by atoms with Crippen molar-refractivity contribution in [2.75, 3.05) is 0 Å². The highest BCUT2D eigenvalue weighted by atomic mass is 16.6. The molecule has 2 heterocycles. The zero-order valence-electron chi connectivity index (χ0n) is 10.5. The van der Waals surface area contributed by atoms with Crippen molar-refractivity contribution in [2.45, 2.75) is 12.8 Å². The summed E-state index contributed by atoms with van der Waals surface area (Å²) in [5.41, 5.74) is 0. The largest absolute Gasteiger partial charge is 0.393 e. The maximum Gasteiger partial charge on any atom is 0.317 e. The third kappa shape index (κ3) is 0.980. The Morgan fingerprint density at radius 3 is 1.55 bits per heavy atom. The van der Waals surface area contributed by atoms with Gasteiger partial charge in [-0.05, 0) is 36.5 Å². The normalized spacial score (nSPS) is 54.8. The molecule has 3 saturated carbocycles. The summed E-state index contributed by atoms with van der Waals surface area (Å²) in [4.78, 5) is 47.9. The zero-order valence-corrected chi connectivity index (χ0v) is 10.5. The van der Waals surface area contributed by atoms with Crippen molar-refractivity contribution in [3.63, 3.8) is 0 Å². The lowest BCUT2D eigenvalue weighted by atomic mass is 9.78. The van der Waals surface area contributed by atoms with Gasteiger partial charge in [0.15, 0.2) is 0 Å². The van der Waals surface area contributed by atoms with Crippen molar-refractivity contribution >= 4 is 23.9 Å². The second-order valence-corrected chi connectivity index (χ2v) is 6.71. The third-order valence-electron chi connectivity index (χ3n) is 6.24. The van der Waals surface area contributed by atoms with Crippen LogP contribution in [0.4, 0.5) is 0 Å². The molecule has 0 aromatic rings. The van der Waals surface area contributed by atoms with Gasteiger partial charge >= 0.3 is 23.9 Å². The number of ether oxygens (including phenoxy) is 2. The topological polar surface area (TPSA) is 86.7 Å². The standard InChI is InChI=1S/C14H12O6/c15-11-4-1-3-2-5-8-6(3)7(4)9(13(17)19-11)10(8)14(18)20-12(5)16/h3-10H,1-2H2/t3?,4-,5+,6?,7+,8-,9+,10-. The number of hydrogen-bond acceptors (Lipinski definition) is 6. The van der Waals surface area contributed by atoms with E-state index < -0.39 is 35.7 Å². The maximum absolute atomic E-state index is 12.1. The molecule has 0 N–H and O–H groups in total. The van der Waals surface area contributed by atoms with Gasteiger partial charge in [-0.15, -0.1) is 0 Å². The minimum atomic E-state index is -0.596. The van der Waals surface area contributed by atoms with E-state index in [2.05, 4.69) is 0 Å². The second kappa shape index (κ2) is 3.13. The Balaban J connectivity index is 1.70. The third-order valence-corrected chi connectivity index (χ3v) is 6.24. The van der Waals surface area contributed by atoms with E-state index in [0.29, 0.717) is 12.8 Å². The summed E-state index contributed by atoms with van der Waals surface area (Å²) in [5, 5.41) is 0. The number of carbonyl (C=O) groups excluding carboxylic acids is 4. The lowest BCUT2D eigenvalue weighted by molar-refractivity contribution is -0.185. The smallest absolute Gasteiger partial charge is 0.317 e. The summed E-state index contributed by atoms with van der Waals surface area (Å²) < 4.78 is 9.70. The first-order chi connectivity index (χ1) is 9.58. The van der Waals surface area contributed by atoms with Crippen LogP contribution in [0.15, 0.2) is 0 Å². The summed E-state index contributed by atoms with van der Waals surface area (Å²) in [6.45, 7) is 0. The van der Waals surface area contributed by atoms with Gasteiger partial charge in [-0.1, -0.05) is 0 Å². The summed E-state index contributed by atoms with van der Waals surface area (Å²) in [6, 6.07) is 0. The molecule has 5 fully saturated rings. The number of esters is 4. The molecule has 20 heavy (non-hydrogen) atoms. The number of cyclic esters (lactones) is 4. The first-order valence-electron chi connectivity index (χ1n) is 7.09. The molecule has 8 atom stereocenters. The van der Waals surface area contributed by atoms with Crippen molar-refractivity contribution in [1.29, 1.82) is 0 Å². The molecule has 104 valence electrons. The highest BCUT2D eigenvalue weighted by Crippen LogP contribution is 2.69. The molecule has 0 amide bonds. The summed E-state index contributed by atoms with van der Waals surface area (Å²) in [6.07, 6.45) is 1.36. The highest BCUT2D eigenvalue weighted by molar-refractivity contribution is 5.99. The molecular weight excluding hydrogens is 264 g/mol. The van der Waals surface area contributed by atoms with Crippen LogP contribution in [0.25, 0.3) is 0 Å². The van der Waals surface area contributed by atoms with E-state index in [1.807, 2.05) is 0 Å². The number of carbonyl (C=O) groups is 4. The van der Waals surface area contributed by atoms with Gasteiger partial charge < -0.3 is 9.47 Å². The molecule has 2 saturated heterocycles. The number of hydrogen-bond donors (Lipinski definition) is 0. The summed E-state index contributed by atoms with van der Waals surface area (Å²) >= 11 is 0. The zero-order chi connectivity index (χ0) is 13.8. The molecule has 2 aliphatic heterocycles. The molecular formula is C14H12O6. The number of rotatable bonds is 0. The van der Waals surface area contributed by atoms with Crippen molar-refractivity contribution in [3.05, 3.63) is 0 Å². The molecule has 0 bridgehead atoms. The van der Waals surface area contributed by atoms with Gasteiger partial charge in [-0.25, -0.2) is 0 Å². The highest BCUT2D eigenvalue weighted by Gasteiger charge is 2.74. The van der Waals surface area contributed by atoms with Gasteiger partial charge in [0.05, 0.1) is 23.7 Å². The molecule has 2 unspecified atom stereocenters. The van der Waals surface area contributed by atoms with E-state index in [0.717, 1.165) is 0 Å². The van der Waals surface area contributed by atoms with Gasteiger partial charge in [0.25, 0.3) is 0 Å². The van der Waals surface area contributed by atoms with Crippen LogP contribution in [0.3, 0.4) is 0 Å². The Bertz CT molecular complexity index is 544. The monoisotopic (exact) mass is 276 g/mol. The first-order valence-corrected chi connectivity index (χ1v) is 7.09. The lowest BCUT2D eigenvalue weighted by Crippen LogP contribution is -2.46. The van der Waals surface area contributed by atoms with Crippen LogP contribution in [0.1, 0.15) is 12.8 Å². The Hall–Kier alpha value is -1.72. The Kier molecular flexibility index (Phi) is 1.72. The van der Waals surface area contributed by atoms with Gasteiger partial charge in [-0.2, -0.15) is 0 Å². The second-order valence-electron chi connectivity index (χ2n) is 6.71. The van der Waals surface area contributed by atoms with E-state index in [4.69, 9.17) is 9.47 Å². The predicted molar refractivity (Wildman–Crippen MR) is 59.4 cm³/mol. The molecule has 5 rings (SSSR count). The minimum absolute atomic E-state index is 0.118. The molecule has 0 aromatic heterocycles. The number of fused-ring (bicyclic) bond motifs is 1. The van der Waals surface area contributed by atoms with E-state index in [1.165, 1.54) is 0 Å². The van der Waals surface area contributed by atoms with Crippen LogP contribution >= 0.6 is 0 Å². The summed E-state index contributed by atoms with van der Waals surface area (Å²) in [5.74, 6) is -3.66. The molecule has 0 aromatic carbocycles. The van der Waals surface area contributed by atoms with Crippen LogP contribution in [-0.2, 0) is 28.7 Å². The van der Waals surface area contributed by atoms with Gasteiger partial charge in [0.1, 0.15) is 0 Å². The molecule has 6 nitrogen and oxygen atoms in total. The Morgan fingerprint density at radius 1 is 0.650 bits per heavy atom. The molecule has 6 heteroatoms. The SMILES string of the molecule is O=C1OC(=O)[C@@H]2CC3C[C@@H]4C(=O)OC(=O)[C@H]5[C@@H]1[C@@H]2C3[C@H]54. The van der Waals surface area contributed by atoms with Gasteiger partial charge in [-0.3, -0.25) is 19.2 Å². The van der Waals surface area contributed by atoms with Crippen molar-refractivity contribution in [2.24, 2.45) is 47.3 Å². The first kappa shape index (κ1) is 11.0. The van der Waals surface area contributed by atoms with Crippen LogP contribution in [0, 0.1) is 47.3 Å². The fourth-order valence-electron chi connectivity index (χ4n) is 5.86. The molecule has 3 aliphatic carbocycles. The average Bonchev–Trinajstić information content (AvgIpc) is 3.00. The van der Waals surface area contributed by atoms with E-state index in [9.17, 15) is 19.2 Å². The minimum Gasteiger partial charge on any atom is -0.393 e. The van der Waals surface area contributed by atoms with Crippen molar-refractivity contribution < 1.29 is 28.7 Å². The Morgan fingerprint density at radius 2 is 1.10 bits per heavy atom. The van der Waals surface area contributed by atoms with Gasteiger partial charge in [0.2, 0.25) is 0 Å². The predicted octanol–water partition coefficient (Wildman–Crippen LogP) is -0.0962. The Labute approximate surface area is 113 Å². The van der Waals surface area contributed by atoms with E-state index in [1.54, 1.807) is 0 Å². The van der Waals surface area contributed by atoms with Crippen molar-refractivity contribution in [3.8, 4) is 0 Å². The lowest BCUT2D eigenvalue weighted by Gasteiger charge is -2.32. The van der Waals surface area contributed by atoms with E-state index in [-0.39, 0.29) is 35.5 Å². The fourth-order valence-corrected chi connectivity index (χ4v) is 5.86. The van der Waals surface area contributed by atoms with Crippen LogP contribution in [0.5, 0.6) is 0 Å².